The summed E-state index contributed by atoms with van der Waals surface area (Å²) in [6.45, 7) is 8.37. The van der Waals surface area contributed by atoms with Crippen LogP contribution in [-0.4, -0.2) is 58.1 Å². The van der Waals surface area contributed by atoms with Crippen molar-refractivity contribution in [3.05, 3.63) is 53.3 Å². The van der Waals surface area contributed by atoms with Crippen LogP contribution in [-0.2, 0) is 20.7 Å². The summed E-state index contributed by atoms with van der Waals surface area (Å²) in [6.07, 6.45) is 0.884. The minimum absolute atomic E-state index is 0.0894. The molecule has 1 saturated heterocycles. The number of anilines is 3. The Labute approximate surface area is 198 Å². The number of aryl methyl sites for hydroxylation is 1. The zero-order chi connectivity index (χ0) is 24.1. The van der Waals surface area contributed by atoms with Crippen molar-refractivity contribution in [3.63, 3.8) is 0 Å². The molecule has 10 heteroatoms. The molecular weight excluding hydrogens is 434 g/mol. The van der Waals surface area contributed by atoms with Gasteiger partial charge in [-0.2, -0.15) is 5.10 Å². The number of morpholine rings is 1. The van der Waals surface area contributed by atoms with Gasteiger partial charge in [-0.3, -0.25) is 9.59 Å². The van der Waals surface area contributed by atoms with E-state index in [9.17, 15) is 9.59 Å². The van der Waals surface area contributed by atoms with Crippen LogP contribution in [0.15, 0.2) is 36.4 Å². The molecule has 34 heavy (non-hydrogen) atoms. The zero-order valence-corrected chi connectivity index (χ0v) is 19.7. The van der Waals surface area contributed by atoms with Gasteiger partial charge < -0.3 is 20.3 Å². The van der Waals surface area contributed by atoms with Crippen molar-refractivity contribution < 1.29 is 14.3 Å². The van der Waals surface area contributed by atoms with E-state index in [1.165, 1.54) is 6.92 Å². The largest absolute Gasteiger partial charge is 0.378 e. The van der Waals surface area contributed by atoms with Crippen molar-refractivity contribution in [2.75, 3.05) is 41.8 Å². The second-order valence-corrected chi connectivity index (χ2v) is 8.22. The third kappa shape index (κ3) is 5.57. The fraction of sp³-hybridized carbons (Fsp3) is 0.375. The number of hydrogen-bond acceptors (Lipinski definition) is 7. The van der Waals surface area contributed by atoms with Crippen LogP contribution in [0.1, 0.15) is 30.3 Å². The van der Waals surface area contributed by atoms with Crippen molar-refractivity contribution in [2.45, 2.75) is 33.6 Å². The Balaban J connectivity index is 1.37. The van der Waals surface area contributed by atoms with Crippen molar-refractivity contribution in [1.82, 2.24) is 20.0 Å². The molecule has 0 unspecified atom stereocenters. The summed E-state index contributed by atoms with van der Waals surface area (Å²) in [5.74, 6) is 1.25. The van der Waals surface area contributed by atoms with Crippen LogP contribution in [0.5, 0.6) is 0 Å². The number of carbonyl (C=O) groups excluding carboxylic acids is 2. The van der Waals surface area contributed by atoms with E-state index in [1.54, 1.807) is 28.9 Å². The molecule has 2 aromatic heterocycles. The van der Waals surface area contributed by atoms with Gasteiger partial charge in [-0.25, -0.2) is 4.68 Å². The van der Waals surface area contributed by atoms with E-state index in [0.29, 0.717) is 43.2 Å². The highest BCUT2D eigenvalue weighted by atomic mass is 16.5. The summed E-state index contributed by atoms with van der Waals surface area (Å²) in [7, 11) is 0. The van der Waals surface area contributed by atoms with Gasteiger partial charge in [0.1, 0.15) is 0 Å². The highest BCUT2D eigenvalue weighted by Crippen LogP contribution is 2.20. The highest BCUT2D eigenvalue weighted by Gasteiger charge is 2.17. The Hall–Kier alpha value is -3.79. The summed E-state index contributed by atoms with van der Waals surface area (Å²) >= 11 is 0. The van der Waals surface area contributed by atoms with Crippen molar-refractivity contribution >= 4 is 29.0 Å². The maximum absolute atomic E-state index is 12.5. The molecule has 178 valence electrons. The number of carbonyl (C=O) groups is 2. The number of aromatic nitrogens is 4. The number of ether oxygens (including phenoxy) is 1. The van der Waals surface area contributed by atoms with E-state index in [4.69, 9.17) is 4.74 Å². The lowest BCUT2D eigenvalue weighted by Crippen LogP contribution is -2.36. The number of benzene rings is 1. The van der Waals surface area contributed by atoms with E-state index in [0.717, 1.165) is 35.9 Å². The van der Waals surface area contributed by atoms with Gasteiger partial charge in [-0.1, -0.05) is 0 Å². The monoisotopic (exact) mass is 463 g/mol. The minimum Gasteiger partial charge on any atom is -0.378 e. The molecule has 3 heterocycles. The van der Waals surface area contributed by atoms with Crippen LogP contribution < -0.4 is 15.5 Å². The second kappa shape index (κ2) is 10.4. The zero-order valence-electron chi connectivity index (χ0n) is 19.7. The molecule has 0 spiro atoms. The van der Waals surface area contributed by atoms with Crippen molar-refractivity contribution in [1.29, 1.82) is 0 Å². The van der Waals surface area contributed by atoms with Gasteiger partial charge in [-0.05, 0) is 62.2 Å². The molecule has 1 fully saturated rings. The number of nitrogens with one attached hydrogen (secondary N) is 2. The maximum Gasteiger partial charge on any atom is 0.224 e. The molecule has 0 saturated carbocycles. The number of rotatable bonds is 7. The lowest BCUT2D eigenvalue weighted by molar-refractivity contribution is -0.116. The third-order valence-corrected chi connectivity index (χ3v) is 5.72. The summed E-state index contributed by atoms with van der Waals surface area (Å²) in [5, 5.41) is 19.0. The lowest BCUT2D eigenvalue weighted by atomic mass is 10.1. The van der Waals surface area contributed by atoms with E-state index in [2.05, 4.69) is 30.8 Å². The summed E-state index contributed by atoms with van der Waals surface area (Å²) in [6, 6.07) is 10.9. The molecule has 4 rings (SSSR count). The first-order valence-corrected chi connectivity index (χ1v) is 11.3. The molecule has 1 aromatic carbocycles. The van der Waals surface area contributed by atoms with Crippen LogP contribution in [0, 0.1) is 13.8 Å². The molecular formula is C24H29N7O3. The quantitative estimate of drug-likeness (QED) is 0.554. The van der Waals surface area contributed by atoms with Gasteiger partial charge in [-0.15, -0.1) is 10.2 Å². The van der Waals surface area contributed by atoms with Crippen LogP contribution in [0.2, 0.25) is 0 Å². The maximum atomic E-state index is 12.5. The fourth-order valence-electron chi connectivity index (χ4n) is 3.95. The predicted octanol–water partition coefficient (Wildman–Crippen LogP) is 2.65. The Kier molecular flexibility index (Phi) is 7.17. The normalized spacial score (nSPS) is 13.6. The van der Waals surface area contributed by atoms with E-state index >= 15 is 0 Å². The average Bonchev–Trinajstić information content (AvgIpc) is 3.12. The van der Waals surface area contributed by atoms with Crippen LogP contribution in [0.4, 0.5) is 17.2 Å². The first-order valence-electron chi connectivity index (χ1n) is 11.3. The van der Waals surface area contributed by atoms with E-state index < -0.39 is 0 Å². The SMILES string of the molecule is CC(=O)Nc1ccc(NC(=O)CCc2c(C)nn(-c3ccc(N4CCOCC4)nn3)c2C)cc1. The first kappa shape index (κ1) is 23.4. The molecule has 1 aliphatic heterocycles. The predicted molar refractivity (Wildman–Crippen MR) is 129 cm³/mol. The number of hydrogen-bond donors (Lipinski definition) is 2. The van der Waals surface area contributed by atoms with Gasteiger partial charge in [0.05, 0.1) is 18.9 Å². The number of nitrogens with zero attached hydrogens (tertiary/aromatic N) is 5. The topological polar surface area (TPSA) is 114 Å². The Morgan fingerprint density at radius 3 is 2.18 bits per heavy atom. The Bertz CT molecular complexity index is 1150. The molecule has 2 N–H and O–H groups in total. The van der Waals surface area contributed by atoms with E-state index in [1.807, 2.05) is 26.0 Å². The van der Waals surface area contributed by atoms with Gasteiger partial charge in [0.15, 0.2) is 11.6 Å². The van der Waals surface area contributed by atoms with Crippen LogP contribution in [0.25, 0.3) is 5.82 Å². The Morgan fingerprint density at radius 2 is 1.56 bits per heavy atom. The standard InChI is InChI=1S/C24H29N7O3/c1-16-21(8-11-24(33)26-20-6-4-19(5-7-20)25-18(3)32)17(2)31(29-16)23-10-9-22(27-28-23)30-12-14-34-15-13-30/h4-7,9-10H,8,11-15H2,1-3H3,(H,25,32)(H,26,33). The molecule has 0 atom stereocenters. The lowest BCUT2D eigenvalue weighted by Gasteiger charge is -2.27. The molecule has 2 amide bonds. The van der Waals surface area contributed by atoms with Gasteiger partial charge >= 0.3 is 0 Å². The summed E-state index contributed by atoms with van der Waals surface area (Å²) in [5.41, 5.74) is 4.20. The highest BCUT2D eigenvalue weighted by molar-refractivity contribution is 5.92. The number of amides is 2. The van der Waals surface area contributed by atoms with Crippen molar-refractivity contribution in [3.8, 4) is 5.82 Å². The smallest absolute Gasteiger partial charge is 0.224 e. The molecule has 3 aromatic rings. The van der Waals surface area contributed by atoms with E-state index in [-0.39, 0.29) is 11.8 Å². The third-order valence-electron chi connectivity index (χ3n) is 5.72. The molecule has 0 aliphatic carbocycles. The molecule has 10 nitrogen and oxygen atoms in total. The second-order valence-electron chi connectivity index (χ2n) is 8.22. The van der Waals surface area contributed by atoms with Crippen LogP contribution in [0.3, 0.4) is 0 Å². The first-order chi connectivity index (χ1) is 16.4. The molecule has 0 radical (unpaired) electrons. The van der Waals surface area contributed by atoms with Gasteiger partial charge in [0.2, 0.25) is 11.8 Å². The minimum atomic E-state index is -0.137. The van der Waals surface area contributed by atoms with Crippen molar-refractivity contribution in [2.24, 2.45) is 0 Å². The molecule has 1 aliphatic rings. The Morgan fingerprint density at radius 1 is 0.941 bits per heavy atom. The summed E-state index contributed by atoms with van der Waals surface area (Å²) < 4.78 is 7.17. The fourth-order valence-corrected chi connectivity index (χ4v) is 3.95. The van der Waals surface area contributed by atoms with Crippen LogP contribution >= 0.6 is 0 Å². The average molecular weight is 464 g/mol. The van der Waals surface area contributed by atoms with Gasteiger partial charge in [0.25, 0.3) is 0 Å². The summed E-state index contributed by atoms with van der Waals surface area (Å²) in [4.78, 5) is 25.8. The molecule has 0 bridgehead atoms. The van der Waals surface area contributed by atoms with Gasteiger partial charge in [0, 0.05) is 43.5 Å².